The highest BCUT2D eigenvalue weighted by Crippen LogP contribution is 2.20. The minimum Gasteiger partial charge on any atom is -0.205 e. The van der Waals surface area contributed by atoms with E-state index in [1.165, 1.54) is 11.6 Å². The van der Waals surface area contributed by atoms with Gasteiger partial charge in [-0.1, -0.05) is 54.9 Å². The predicted octanol–water partition coefficient (Wildman–Crippen LogP) is 4.90. The van der Waals surface area contributed by atoms with Crippen molar-refractivity contribution < 1.29 is 4.39 Å². The normalized spacial score (nSPS) is 12.4. The second-order valence-corrected chi connectivity index (χ2v) is 5.15. The van der Waals surface area contributed by atoms with Gasteiger partial charge in [-0.25, -0.2) is 4.39 Å². The van der Waals surface area contributed by atoms with Crippen molar-refractivity contribution in [3.63, 3.8) is 0 Å². The SMILES string of the molecule is CC(Cc1ccccc1)Cc1ccc(F)c(Cl)c1. The first-order valence-corrected chi connectivity index (χ1v) is 6.51. The van der Waals surface area contributed by atoms with Gasteiger partial charge in [0.25, 0.3) is 0 Å². The molecule has 0 fully saturated rings. The zero-order valence-corrected chi connectivity index (χ0v) is 11.1. The van der Waals surface area contributed by atoms with Crippen LogP contribution in [0.25, 0.3) is 0 Å². The number of hydrogen-bond donors (Lipinski definition) is 0. The highest BCUT2D eigenvalue weighted by atomic mass is 35.5. The van der Waals surface area contributed by atoms with E-state index in [1.807, 2.05) is 12.1 Å². The van der Waals surface area contributed by atoms with Gasteiger partial charge in [0, 0.05) is 0 Å². The summed E-state index contributed by atoms with van der Waals surface area (Å²) in [7, 11) is 0. The van der Waals surface area contributed by atoms with E-state index in [4.69, 9.17) is 11.6 Å². The van der Waals surface area contributed by atoms with Crippen molar-refractivity contribution >= 4 is 11.6 Å². The van der Waals surface area contributed by atoms with Crippen molar-refractivity contribution in [1.29, 1.82) is 0 Å². The van der Waals surface area contributed by atoms with E-state index in [9.17, 15) is 4.39 Å². The van der Waals surface area contributed by atoms with Gasteiger partial charge < -0.3 is 0 Å². The summed E-state index contributed by atoms with van der Waals surface area (Å²) in [6, 6.07) is 15.4. The van der Waals surface area contributed by atoms with E-state index in [1.54, 1.807) is 6.07 Å². The van der Waals surface area contributed by atoms with Gasteiger partial charge in [-0.2, -0.15) is 0 Å². The van der Waals surface area contributed by atoms with Crippen molar-refractivity contribution in [2.75, 3.05) is 0 Å². The molecule has 0 spiro atoms. The highest BCUT2D eigenvalue weighted by molar-refractivity contribution is 6.30. The molecular weight excluding hydrogens is 247 g/mol. The van der Waals surface area contributed by atoms with Crippen LogP contribution in [0.4, 0.5) is 4.39 Å². The number of halogens is 2. The molecule has 0 amide bonds. The molecule has 0 saturated heterocycles. The molecule has 18 heavy (non-hydrogen) atoms. The lowest BCUT2D eigenvalue weighted by Gasteiger charge is -2.12. The Hall–Kier alpha value is -1.34. The van der Waals surface area contributed by atoms with Crippen molar-refractivity contribution in [2.45, 2.75) is 19.8 Å². The first-order valence-electron chi connectivity index (χ1n) is 6.13. The molecule has 2 heteroatoms. The van der Waals surface area contributed by atoms with E-state index in [2.05, 4.69) is 31.2 Å². The molecule has 0 saturated carbocycles. The van der Waals surface area contributed by atoms with Crippen LogP contribution in [-0.2, 0) is 12.8 Å². The topological polar surface area (TPSA) is 0 Å². The maximum atomic E-state index is 13.1. The molecule has 0 aliphatic heterocycles. The molecule has 2 aromatic carbocycles. The van der Waals surface area contributed by atoms with E-state index >= 15 is 0 Å². The van der Waals surface area contributed by atoms with Crippen molar-refractivity contribution in [1.82, 2.24) is 0 Å². The third kappa shape index (κ3) is 3.58. The van der Waals surface area contributed by atoms with Gasteiger partial charge in [0.05, 0.1) is 5.02 Å². The number of benzene rings is 2. The molecule has 1 unspecified atom stereocenters. The summed E-state index contributed by atoms with van der Waals surface area (Å²) in [5.41, 5.74) is 2.42. The Morgan fingerprint density at radius 1 is 1.00 bits per heavy atom. The van der Waals surface area contributed by atoms with Crippen LogP contribution in [0.1, 0.15) is 18.1 Å². The lowest BCUT2D eigenvalue weighted by molar-refractivity contribution is 0.575. The monoisotopic (exact) mass is 262 g/mol. The van der Waals surface area contributed by atoms with Crippen molar-refractivity contribution in [2.24, 2.45) is 5.92 Å². The summed E-state index contributed by atoms with van der Waals surface area (Å²) in [6.07, 6.45) is 1.94. The quantitative estimate of drug-likeness (QED) is 0.735. The molecule has 0 bridgehead atoms. The van der Waals surface area contributed by atoms with Gasteiger partial charge in [0.2, 0.25) is 0 Å². The smallest absolute Gasteiger partial charge is 0.141 e. The molecule has 0 aliphatic carbocycles. The third-order valence-corrected chi connectivity index (χ3v) is 3.28. The molecule has 0 aliphatic rings. The largest absolute Gasteiger partial charge is 0.205 e. The average molecular weight is 263 g/mol. The maximum absolute atomic E-state index is 13.1. The summed E-state index contributed by atoms with van der Waals surface area (Å²) < 4.78 is 13.1. The molecule has 2 aromatic rings. The minimum absolute atomic E-state index is 0.208. The van der Waals surface area contributed by atoms with Gasteiger partial charge in [-0.05, 0) is 42.0 Å². The van der Waals surface area contributed by atoms with Crippen LogP contribution in [-0.4, -0.2) is 0 Å². The second kappa shape index (κ2) is 6.01. The molecule has 0 heterocycles. The molecule has 0 radical (unpaired) electrons. The minimum atomic E-state index is -0.351. The Morgan fingerprint density at radius 2 is 1.67 bits per heavy atom. The van der Waals surface area contributed by atoms with Crippen molar-refractivity contribution in [3.8, 4) is 0 Å². The standard InChI is InChI=1S/C16H16ClF/c1-12(9-13-5-3-2-4-6-13)10-14-7-8-16(18)15(17)11-14/h2-8,11-12H,9-10H2,1H3. The zero-order chi connectivity index (χ0) is 13.0. The summed E-state index contributed by atoms with van der Waals surface area (Å²) in [5, 5.41) is 0.208. The van der Waals surface area contributed by atoms with E-state index in [-0.39, 0.29) is 10.8 Å². The molecule has 1 atom stereocenters. The fraction of sp³-hybridized carbons (Fsp3) is 0.250. The van der Waals surface area contributed by atoms with Gasteiger partial charge >= 0.3 is 0 Å². The summed E-state index contributed by atoms with van der Waals surface area (Å²) >= 11 is 5.78. The molecule has 0 nitrogen and oxygen atoms in total. The Labute approximate surface area is 112 Å². The average Bonchev–Trinajstić information content (AvgIpc) is 2.35. The summed E-state index contributed by atoms with van der Waals surface area (Å²) in [6.45, 7) is 2.20. The Bertz CT molecular complexity index is 508. The third-order valence-electron chi connectivity index (χ3n) is 3.00. The molecule has 2 rings (SSSR count). The number of rotatable bonds is 4. The lowest BCUT2D eigenvalue weighted by atomic mass is 9.94. The Balaban J connectivity index is 1.99. The fourth-order valence-electron chi connectivity index (χ4n) is 2.16. The summed E-state index contributed by atoms with van der Waals surface area (Å²) in [4.78, 5) is 0. The first kappa shape index (κ1) is 13.1. The Kier molecular flexibility index (Phi) is 4.38. The Morgan fingerprint density at radius 3 is 2.33 bits per heavy atom. The van der Waals surface area contributed by atoms with Crippen LogP contribution in [0, 0.1) is 11.7 Å². The van der Waals surface area contributed by atoms with Crippen LogP contribution in [0.15, 0.2) is 48.5 Å². The van der Waals surface area contributed by atoms with E-state index in [0.717, 1.165) is 18.4 Å². The maximum Gasteiger partial charge on any atom is 0.141 e. The second-order valence-electron chi connectivity index (χ2n) is 4.75. The predicted molar refractivity (Wildman–Crippen MR) is 74.4 cm³/mol. The van der Waals surface area contributed by atoms with Gasteiger partial charge in [0.15, 0.2) is 0 Å². The van der Waals surface area contributed by atoms with Gasteiger partial charge in [-0.15, -0.1) is 0 Å². The van der Waals surface area contributed by atoms with E-state index in [0.29, 0.717) is 5.92 Å². The van der Waals surface area contributed by atoms with Crippen LogP contribution < -0.4 is 0 Å². The molecule has 0 N–H and O–H groups in total. The highest BCUT2D eigenvalue weighted by Gasteiger charge is 2.07. The first-order chi connectivity index (χ1) is 8.65. The van der Waals surface area contributed by atoms with E-state index < -0.39 is 0 Å². The number of hydrogen-bond acceptors (Lipinski definition) is 0. The lowest BCUT2D eigenvalue weighted by Crippen LogP contribution is -2.04. The van der Waals surface area contributed by atoms with Crippen LogP contribution in [0.5, 0.6) is 0 Å². The van der Waals surface area contributed by atoms with Crippen LogP contribution >= 0.6 is 11.6 Å². The van der Waals surface area contributed by atoms with Crippen LogP contribution in [0.2, 0.25) is 5.02 Å². The van der Waals surface area contributed by atoms with Crippen LogP contribution in [0.3, 0.4) is 0 Å². The van der Waals surface area contributed by atoms with Crippen molar-refractivity contribution in [3.05, 3.63) is 70.5 Å². The van der Waals surface area contributed by atoms with Gasteiger partial charge in [-0.3, -0.25) is 0 Å². The van der Waals surface area contributed by atoms with Gasteiger partial charge in [0.1, 0.15) is 5.82 Å². The molecule has 0 aromatic heterocycles. The molecule has 94 valence electrons. The molecular formula is C16H16ClF. The zero-order valence-electron chi connectivity index (χ0n) is 10.4. The summed E-state index contributed by atoms with van der Waals surface area (Å²) in [5.74, 6) is 0.157. The fourth-order valence-corrected chi connectivity index (χ4v) is 2.36.